The summed E-state index contributed by atoms with van der Waals surface area (Å²) in [4.78, 5) is 37.7. The van der Waals surface area contributed by atoms with Gasteiger partial charge < -0.3 is 20.3 Å². The molecule has 0 radical (unpaired) electrons. The van der Waals surface area contributed by atoms with Crippen LogP contribution in [0.5, 0.6) is 5.75 Å². The molecule has 0 amide bonds. The van der Waals surface area contributed by atoms with Gasteiger partial charge in [-0.2, -0.15) is 0 Å². The summed E-state index contributed by atoms with van der Waals surface area (Å²) in [6.07, 6.45) is 2.06. The highest BCUT2D eigenvalue weighted by Crippen LogP contribution is 2.44. The van der Waals surface area contributed by atoms with E-state index >= 15 is 8.78 Å². The molecule has 0 bridgehead atoms. The Kier molecular flexibility index (Phi) is 8.12. The van der Waals surface area contributed by atoms with Crippen LogP contribution in [-0.4, -0.2) is 93.6 Å². The summed E-state index contributed by atoms with van der Waals surface area (Å²) in [6.45, 7) is 6.37. The minimum absolute atomic E-state index is 0.00164. The van der Waals surface area contributed by atoms with E-state index in [1.807, 2.05) is 0 Å². The predicted octanol–water partition coefficient (Wildman–Crippen LogP) is 3.57. The first-order valence-electron chi connectivity index (χ1n) is 13.9. The van der Waals surface area contributed by atoms with E-state index in [-0.39, 0.29) is 31.0 Å². The van der Waals surface area contributed by atoms with Gasteiger partial charge in [0, 0.05) is 43.0 Å². The fraction of sp³-hybridized carbons (Fsp3) is 0.517. The number of aliphatic carboxylic acids is 1. The summed E-state index contributed by atoms with van der Waals surface area (Å²) in [6, 6.07) is 2.40. The molecule has 2 fully saturated rings. The molecule has 2 saturated heterocycles. The van der Waals surface area contributed by atoms with Crippen molar-refractivity contribution < 1.29 is 33.3 Å². The van der Waals surface area contributed by atoms with Gasteiger partial charge in [-0.15, -0.1) is 11.3 Å². The molecule has 0 saturated carbocycles. The smallest absolute Gasteiger partial charge is 0.338 e. The zero-order valence-electron chi connectivity index (χ0n) is 23.9. The molecule has 3 atom stereocenters. The Balaban J connectivity index is 1.55. The van der Waals surface area contributed by atoms with E-state index in [2.05, 4.69) is 10.3 Å². The quantitative estimate of drug-likeness (QED) is 0.369. The molecule has 13 heteroatoms. The Labute approximate surface area is 246 Å². The van der Waals surface area contributed by atoms with Crippen LogP contribution in [0.1, 0.15) is 49.4 Å². The lowest BCUT2D eigenvalue weighted by atomic mass is 9.92. The summed E-state index contributed by atoms with van der Waals surface area (Å²) in [5.74, 6) is -4.34. The molecule has 0 unspecified atom stereocenters. The lowest BCUT2D eigenvalue weighted by Crippen LogP contribution is -2.49. The lowest BCUT2D eigenvalue weighted by molar-refractivity contribution is -0.149. The van der Waals surface area contributed by atoms with Gasteiger partial charge >= 0.3 is 11.9 Å². The van der Waals surface area contributed by atoms with Crippen LogP contribution in [0.15, 0.2) is 46.0 Å². The largest absolute Gasteiger partial charge is 0.508 e. The normalized spacial score (nSPS) is 24.3. The number of esters is 1. The van der Waals surface area contributed by atoms with Crippen molar-refractivity contribution in [2.75, 3.05) is 32.8 Å². The van der Waals surface area contributed by atoms with Crippen molar-refractivity contribution in [3.63, 3.8) is 0 Å². The Hall–Kier alpha value is -3.42. The van der Waals surface area contributed by atoms with Gasteiger partial charge in [0.05, 0.1) is 30.2 Å². The number of carboxylic acid groups (broad SMARTS) is 1. The SMILES string of the molecule is CCOC(=O)C1=C(CN2CC(F)(F)[C@H]3[C@@H]2CCN3CC(C)(C)C(=O)O)NC(c2nccs2)=N[C@@H]1c1cccc(O)c1C. The van der Waals surface area contributed by atoms with Crippen molar-refractivity contribution in [3.05, 3.63) is 57.2 Å². The minimum Gasteiger partial charge on any atom is -0.508 e. The Bertz CT molecular complexity index is 1430. The maximum Gasteiger partial charge on any atom is 0.338 e. The van der Waals surface area contributed by atoms with Crippen LogP contribution in [0.4, 0.5) is 8.78 Å². The van der Waals surface area contributed by atoms with Gasteiger partial charge in [0.15, 0.2) is 10.8 Å². The second kappa shape index (κ2) is 11.3. The third-order valence-corrected chi connectivity index (χ3v) is 9.00. The van der Waals surface area contributed by atoms with Crippen molar-refractivity contribution in [1.82, 2.24) is 20.1 Å². The molecule has 226 valence electrons. The molecule has 42 heavy (non-hydrogen) atoms. The highest BCUT2D eigenvalue weighted by atomic mass is 32.1. The fourth-order valence-corrected chi connectivity index (χ4v) is 6.75. The van der Waals surface area contributed by atoms with Crippen LogP contribution in [0.25, 0.3) is 0 Å². The van der Waals surface area contributed by atoms with Crippen molar-refractivity contribution >= 4 is 29.1 Å². The number of nitrogens with one attached hydrogen (secondary N) is 1. The fourth-order valence-electron chi connectivity index (χ4n) is 6.16. The number of carboxylic acids is 1. The number of amidine groups is 1. The minimum atomic E-state index is -3.09. The van der Waals surface area contributed by atoms with Crippen molar-refractivity contribution in [2.24, 2.45) is 10.4 Å². The topological polar surface area (TPSA) is 128 Å². The number of aromatic hydroxyl groups is 1. The molecule has 1 aromatic heterocycles. The van der Waals surface area contributed by atoms with Gasteiger partial charge in [-0.05, 0) is 51.3 Å². The third kappa shape index (κ3) is 5.52. The molecule has 4 heterocycles. The van der Waals surface area contributed by atoms with E-state index in [1.54, 1.807) is 67.3 Å². The van der Waals surface area contributed by atoms with Crippen molar-refractivity contribution in [2.45, 2.75) is 58.2 Å². The number of halogens is 2. The number of fused-ring (bicyclic) bond motifs is 1. The molecule has 3 aliphatic heterocycles. The number of carbonyl (C=O) groups excluding carboxylic acids is 1. The van der Waals surface area contributed by atoms with Gasteiger partial charge in [-0.3, -0.25) is 19.6 Å². The first kappa shape index (κ1) is 30.1. The lowest BCUT2D eigenvalue weighted by Gasteiger charge is -2.33. The summed E-state index contributed by atoms with van der Waals surface area (Å²) < 4.78 is 36.7. The molecule has 3 aliphatic rings. The van der Waals surface area contributed by atoms with Gasteiger partial charge in [-0.1, -0.05) is 12.1 Å². The maximum atomic E-state index is 15.6. The highest BCUT2D eigenvalue weighted by Gasteiger charge is 2.60. The number of thiazole rings is 1. The number of nitrogens with zero attached hydrogens (tertiary/aromatic N) is 4. The maximum absolute atomic E-state index is 15.6. The Morgan fingerprint density at radius 1 is 1.29 bits per heavy atom. The molecular formula is C29H35F2N5O5S. The highest BCUT2D eigenvalue weighted by molar-refractivity contribution is 7.11. The number of phenols is 1. The molecule has 2 aromatic rings. The molecular weight excluding hydrogens is 568 g/mol. The average molecular weight is 604 g/mol. The summed E-state index contributed by atoms with van der Waals surface area (Å²) in [5, 5.41) is 25.6. The Morgan fingerprint density at radius 2 is 2.05 bits per heavy atom. The predicted molar refractivity (Wildman–Crippen MR) is 153 cm³/mol. The van der Waals surface area contributed by atoms with Gasteiger partial charge in [0.2, 0.25) is 0 Å². The van der Waals surface area contributed by atoms with E-state index in [9.17, 15) is 19.8 Å². The number of benzene rings is 1. The van der Waals surface area contributed by atoms with Crippen molar-refractivity contribution in [3.8, 4) is 5.75 Å². The van der Waals surface area contributed by atoms with Crippen LogP contribution in [-0.2, 0) is 14.3 Å². The number of rotatable bonds is 9. The average Bonchev–Trinajstić information content (AvgIpc) is 3.65. The number of aromatic nitrogens is 1. The number of phenolic OH excluding ortho intramolecular Hbond substituents is 1. The second-order valence-corrected chi connectivity index (χ2v) is 12.5. The van der Waals surface area contributed by atoms with Crippen molar-refractivity contribution in [1.29, 1.82) is 0 Å². The first-order chi connectivity index (χ1) is 19.8. The summed E-state index contributed by atoms with van der Waals surface area (Å²) in [5.41, 5.74) is 0.488. The third-order valence-electron chi connectivity index (χ3n) is 8.22. The van der Waals surface area contributed by atoms with Crippen LogP contribution < -0.4 is 5.32 Å². The van der Waals surface area contributed by atoms with E-state index in [1.165, 1.54) is 11.3 Å². The van der Waals surface area contributed by atoms with E-state index < -0.39 is 47.9 Å². The number of hydrogen-bond acceptors (Lipinski definition) is 10. The molecule has 1 aromatic carbocycles. The zero-order chi connectivity index (χ0) is 30.4. The van der Waals surface area contributed by atoms with Crippen LogP contribution >= 0.6 is 11.3 Å². The summed E-state index contributed by atoms with van der Waals surface area (Å²) in [7, 11) is 0. The molecule has 5 rings (SSSR count). The number of aliphatic imine (C=N–C) groups is 1. The van der Waals surface area contributed by atoms with Crippen LogP contribution in [0.2, 0.25) is 0 Å². The van der Waals surface area contributed by atoms with Gasteiger partial charge in [-0.25, -0.2) is 18.6 Å². The molecule has 3 N–H and O–H groups in total. The monoisotopic (exact) mass is 603 g/mol. The van der Waals surface area contributed by atoms with E-state index in [4.69, 9.17) is 9.73 Å². The molecule has 0 spiro atoms. The standard InChI is InChI=1S/C29H35F2N5O5S/c1-5-41-26(38)21-18(13-36-15-29(30,31)23-19(36)9-11-35(23)14-28(3,4)27(39)40)33-24(25-32-10-12-42-25)34-22(21)17-7-6-8-20(37)16(17)2/h6-8,10,12,19,22-23,37H,5,9,11,13-15H2,1-4H3,(H,33,34)(H,39,40)/t19-,22+,23+/m0/s1. The summed E-state index contributed by atoms with van der Waals surface area (Å²) >= 11 is 1.34. The van der Waals surface area contributed by atoms with E-state index in [0.717, 1.165) is 0 Å². The van der Waals surface area contributed by atoms with E-state index in [0.29, 0.717) is 40.6 Å². The first-order valence-corrected chi connectivity index (χ1v) is 14.7. The number of alkyl halides is 2. The number of carbonyl (C=O) groups is 2. The second-order valence-electron chi connectivity index (χ2n) is 11.6. The zero-order valence-corrected chi connectivity index (χ0v) is 24.8. The van der Waals surface area contributed by atoms with Crippen LogP contribution in [0, 0.1) is 12.3 Å². The number of ether oxygens (including phenoxy) is 1. The number of likely N-dealkylation sites (tertiary alicyclic amines) is 2. The molecule has 10 nitrogen and oxygen atoms in total. The van der Waals surface area contributed by atoms with Gasteiger partial charge in [0.25, 0.3) is 5.92 Å². The van der Waals surface area contributed by atoms with Gasteiger partial charge in [0.1, 0.15) is 11.8 Å². The Morgan fingerprint density at radius 3 is 2.71 bits per heavy atom. The number of hydrogen-bond donors (Lipinski definition) is 3. The molecule has 0 aliphatic carbocycles. The van der Waals surface area contributed by atoms with Crippen LogP contribution in [0.3, 0.4) is 0 Å².